The van der Waals surface area contributed by atoms with Gasteiger partial charge < -0.3 is 27.2 Å². The fourth-order valence-corrected chi connectivity index (χ4v) is 1.48. The highest BCUT2D eigenvalue weighted by atomic mass is 16.4. The highest BCUT2D eigenvalue weighted by Gasteiger charge is 2.20. The Morgan fingerprint density at radius 3 is 1.86 bits per heavy atom. The molecule has 0 saturated heterocycles. The minimum absolute atomic E-state index is 0.0894. The van der Waals surface area contributed by atoms with Gasteiger partial charge in [0.25, 0.3) is 11.8 Å². The second kappa shape index (κ2) is 7.76. The third-order valence-electron chi connectivity index (χ3n) is 2.54. The average molecular weight is 310 g/mol. The Labute approximate surface area is 126 Å². The van der Waals surface area contributed by atoms with Crippen LogP contribution in [0.5, 0.6) is 0 Å². The van der Waals surface area contributed by atoms with E-state index in [-0.39, 0.29) is 36.0 Å². The van der Waals surface area contributed by atoms with Crippen LogP contribution in [0.3, 0.4) is 0 Å². The Morgan fingerprint density at radius 2 is 1.45 bits per heavy atom. The maximum absolute atomic E-state index is 11.8. The van der Waals surface area contributed by atoms with E-state index in [4.69, 9.17) is 16.6 Å². The molecule has 10 heteroatoms. The van der Waals surface area contributed by atoms with Crippen LogP contribution in [0.4, 0.5) is 11.6 Å². The van der Waals surface area contributed by atoms with E-state index in [1.165, 1.54) is 0 Å². The smallest absolute Gasteiger partial charge is 0.305 e. The summed E-state index contributed by atoms with van der Waals surface area (Å²) in [7, 11) is 0. The van der Waals surface area contributed by atoms with E-state index in [9.17, 15) is 14.4 Å². The van der Waals surface area contributed by atoms with Crippen LogP contribution < -0.4 is 22.1 Å². The van der Waals surface area contributed by atoms with Crippen LogP contribution >= 0.6 is 0 Å². The Kier molecular flexibility index (Phi) is 6.05. The van der Waals surface area contributed by atoms with Gasteiger partial charge in [0.1, 0.15) is 0 Å². The largest absolute Gasteiger partial charge is 0.481 e. The number of hydrogen-bond acceptors (Lipinski definition) is 7. The van der Waals surface area contributed by atoms with Crippen molar-refractivity contribution in [3.8, 4) is 0 Å². The van der Waals surface area contributed by atoms with Gasteiger partial charge in [-0.1, -0.05) is 6.92 Å². The lowest BCUT2D eigenvalue weighted by Gasteiger charge is -2.09. The molecule has 0 aliphatic heterocycles. The van der Waals surface area contributed by atoms with Crippen LogP contribution in [0.2, 0.25) is 0 Å². The van der Waals surface area contributed by atoms with Gasteiger partial charge in [-0.15, -0.1) is 0 Å². The molecule has 1 heterocycles. The monoisotopic (exact) mass is 310 g/mol. The number of carbonyl (C=O) groups is 3. The minimum Gasteiger partial charge on any atom is -0.481 e. The van der Waals surface area contributed by atoms with Crippen molar-refractivity contribution < 1.29 is 19.5 Å². The summed E-state index contributed by atoms with van der Waals surface area (Å²) in [6.07, 6.45) is 0.491. The number of carboxylic acids is 1. The van der Waals surface area contributed by atoms with E-state index in [2.05, 4.69) is 20.6 Å². The highest BCUT2D eigenvalue weighted by Crippen LogP contribution is 2.13. The van der Waals surface area contributed by atoms with Crippen molar-refractivity contribution in [1.82, 2.24) is 20.6 Å². The second-order valence-corrected chi connectivity index (χ2v) is 4.35. The summed E-state index contributed by atoms with van der Waals surface area (Å²) in [6, 6.07) is 0. The molecule has 0 bridgehead atoms. The Balaban J connectivity index is 2.86. The topological polar surface area (TPSA) is 173 Å². The van der Waals surface area contributed by atoms with E-state index in [1.54, 1.807) is 0 Å². The fraction of sp³-hybridized carbons (Fsp3) is 0.417. The number of nitrogens with one attached hydrogen (secondary N) is 2. The first-order valence-electron chi connectivity index (χ1n) is 6.58. The number of nitrogens with two attached hydrogens (primary N) is 2. The molecule has 0 aromatic carbocycles. The Morgan fingerprint density at radius 1 is 1.00 bits per heavy atom. The first-order chi connectivity index (χ1) is 10.4. The number of carboxylic acid groups (broad SMARTS) is 1. The fourth-order valence-electron chi connectivity index (χ4n) is 1.48. The van der Waals surface area contributed by atoms with Crippen LogP contribution in [0.15, 0.2) is 0 Å². The lowest BCUT2D eigenvalue weighted by molar-refractivity contribution is -0.136. The van der Waals surface area contributed by atoms with Gasteiger partial charge in [0.15, 0.2) is 23.0 Å². The van der Waals surface area contributed by atoms with E-state index in [0.717, 1.165) is 6.42 Å². The first-order valence-corrected chi connectivity index (χ1v) is 6.58. The van der Waals surface area contributed by atoms with E-state index in [1.807, 2.05) is 6.92 Å². The van der Waals surface area contributed by atoms with Crippen molar-refractivity contribution in [3.63, 3.8) is 0 Å². The molecule has 0 aliphatic carbocycles. The SMILES string of the molecule is CCCNC(=O)c1nc(N)c(C(=O)NCCC(=O)O)nc1N. The molecule has 22 heavy (non-hydrogen) atoms. The van der Waals surface area contributed by atoms with Gasteiger partial charge in [-0.25, -0.2) is 9.97 Å². The van der Waals surface area contributed by atoms with E-state index >= 15 is 0 Å². The summed E-state index contributed by atoms with van der Waals surface area (Å²) in [5.74, 6) is -2.79. The van der Waals surface area contributed by atoms with Gasteiger partial charge in [0.2, 0.25) is 0 Å². The Bertz CT molecular complexity index is 589. The lowest BCUT2D eigenvalue weighted by Crippen LogP contribution is -2.30. The summed E-state index contributed by atoms with van der Waals surface area (Å²) in [4.78, 5) is 41.5. The number of nitrogens with zero attached hydrogens (tertiary/aromatic N) is 2. The Hall–Kier alpha value is -2.91. The van der Waals surface area contributed by atoms with Crippen LogP contribution in [0, 0.1) is 0 Å². The van der Waals surface area contributed by atoms with Gasteiger partial charge in [-0.2, -0.15) is 0 Å². The maximum atomic E-state index is 11.8. The molecule has 1 aromatic heterocycles. The lowest BCUT2D eigenvalue weighted by atomic mass is 10.3. The van der Waals surface area contributed by atoms with Crippen LogP contribution in [0.1, 0.15) is 40.7 Å². The van der Waals surface area contributed by atoms with Crippen molar-refractivity contribution in [1.29, 1.82) is 0 Å². The molecule has 0 spiro atoms. The predicted octanol–water partition coefficient (Wildman–Crippen LogP) is -1.01. The van der Waals surface area contributed by atoms with Crippen LogP contribution in [0.25, 0.3) is 0 Å². The van der Waals surface area contributed by atoms with Gasteiger partial charge in [0, 0.05) is 13.1 Å². The maximum Gasteiger partial charge on any atom is 0.305 e. The molecule has 0 unspecified atom stereocenters. The van der Waals surface area contributed by atoms with Crippen molar-refractivity contribution in [2.24, 2.45) is 0 Å². The molecule has 0 atom stereocenters. The van der Waals surface area contributed by atoms with Crippen molar-refractivity contribution in [2.45, 2.75) is 19.8 Å². The number of amides is 2. The van der Waals surface area contributed by atoms with Crippen molar-refractivity contribution in [3.05, 3.63) is 11.4 Å². The summed E-state index contributed by atoms with van der Waals surface area (Å²) in [5.41, 5.74) is 10.8. The molecule has 120 valence electrons. The van der Waals surface area contributed by atoms with Crippen LogP contribution in [-0.4, -0.2) is 45.9 Å². The second-order valence-electron chi connectivity index (χ2n) is 4.35. The summed E-state index contributed by atoms with van der Waals surface area (Å²) in [6.45, 7) is 2.24. The van der Waals surface area contributed by atoms with Gasteiger partial charge in [-0.3, -0.25) is 14.4 Å². The molecule has 2 amide bonds. The van der Waals surface area contributed by atoms with Crippen LogP contribution in [-0.2, 0) is 4.79 Å². The minimum atomic E-state index is -1.05. The first kappa shape index (κ1) is 17.1. The molecular formula is C12H18N6O4. The number of carbonyl (C=O) groups excluding carboxylic acids is 2. The third-order valence-corrected chi connectivity index (χ3v) is 2.54. The number of aromatic nitrogens is 2. The standard InChI is InChI=1S/C12H18N6O4/c1-2-4-15-11(21)7-9(13)18-8(10(14)17-7)12(22)16-5-3-6(19)20/h2-5H2,1H3,(H2,13,18)(H2,14,17)(H,15,21)(H,16,22)(H,19,20). The van der Waals surface area contributed by atoms with Crippen molar-refractivity contribution >= 4 is 29.4 Å². The van der Waals surface area contributed by atoms with Gasteiger partial charge in [-0.05, 0) is 6.42 Å². The highest BCUT2D eigenvalue weighted by molar-refractivity contribution is 6.00. The zero-order chi connectivity index (χ0) is 16.7. The quantitative estimate of drug-likeness (QED) is 0.425. The molecule has 0 fully saturated rings. The van der Waals surface area contributed by atoms with E-state index in [0.29, 0.717) is 6.54 Å². The molecular weight excluding hydrogens is 292 g/mol. The molecule has 7 N–H and O–H groups in total. The number of nitrogen functional groups attached to an aromatic ring is 2. The molecule has 1 rings (SSSR count). The number of hydrogen-bond donors (Lipinski definition) is 5. The van der Waals surface area contributed by atoms with E-state index < -0.39 is 17.8 Å². The predicted molar refractivity (Wildman–Crippen MR) is 78.1 cm³/mol. The molecule has 0 radical (unpaired) electrons. The number of anilines is 2. The zero-order valence-corrected chi connectivity index (χ0v) is 12.0. The normalized spacial score (nSPS) is 10.0. The summed E-state index contributed by atoms with van der Waals surface area (Å²) in [5, 5.41) is 13.4. The average Bonchev–Trinajstić information content (AvgIpc) is 2.46. The summed E-state index contributed by atoms with van der Waals surface area (Å²) < 4.78 is 0. The molecule has 0 saturated carbocycles. The van der Waals surface area contributed by atoms with Crippen molar-refractivity contribution in [2.75, 3.05) is 24.6 Å². The molecule has 10 nitrogen and oxygen atoms in total. The third kappa shape index (κ3) is 4.58. The van der Waals surface area contributed by atoms with Gasteiger partial charge in [0.05, 0.1) is 6.42 Å². The molecule has 0 aliphatic rings. The number of aliphatic carboxylic acids is 1. The molecule has 1 aromatic rings. The zero-order valence-electron chi connectivity index (χ0n) is 12.0. The summed E-state index contributed by atoms with van der Waals surface area (Å²) >= 11 is 0. The number of rotatable bonds is 7. The van der Waals surface area contributed by atoms with Gasteiger partial charge >= 0.3 is 5.97 Å².